The molecule has 0 bridgehead atoms. The van der Waals surface area contributed by atoms with Crippen LogP contribution < -0.4 is 10.6 Å². The van der Waals surface area contributed by atoms with E-state index in [0.717, 1.165) is 13.8 Å². The topological polar surface area (TPSA) is 761 Å². The van der Waals surface area contributed by atoms with Gasteiger partial charge in [-0.2, -0.15) is 0 Å². The Labute approximate surface area is 598 Å². The second-order valence-electron chi connectivity index (χ2n) is 26.6. The van der Waals surface area contributed by atoms with Crippen molar-refractivity contribution in [1.82, 2.24) is 10.6 Å². The van der Waals surface area contributed by atoms with Crippen LogP contribution >= 0.6 is 0 Å². The summed E-state index contributed by atoms with van der Waals surface area (Å²) >= 11 is 0. The smallest absolute Gasteiger partial charge is 0.217 e. The van der Waals surface area contributed by atoms with Gasteiger partial charge in [-0.1, -0.05) is 0 Å². The number of amides is 2. The van der Waals surface area contributed by atoms with Gasteiger partial charge in [0.25, 0.3) is 0 Å². The molecule has 45 atom stereocenters. The van der Waals surface area contributed by atoms with Crippen LogP contribution in [0.2, 0.25) is 0 Å². The Hall–Kier alpha value is -2.82. The zero-order valence-electron chi connectivity index (χ0n) is 56.2. The predicted octanol–water partition coefficient (Wildman–Crippen LogP) is -20.3. The molecule has 9 rings (SSSR count). The van der Waals surface area contributed by atoms with Crippen LogP contribution in [0.3, 0.4) is 0 Å². The van der Waals surface area contributed by atoms with Crippen molar-refractivity contribution in [3.8, 4) is 0 Å². The summed E-state index contributed by atoms with van der Waals surface area (Å²) in [5.74, 6) is -1.62. The predicted molar refractivity (Wildman–Crippen MR) is 320 cm³/mol. The summed E-state index contributed by atoms with van der Waals surface area (Å²) in [6.45, 7) is -7.82. The molecular formula is C58H98N2O46. The number of ether oxygens (including phenoxy) is 17. The van der Waals surface area contributed by atoms with Crippen molar-refractivity contribution < 1.29 is 228 Å². The van der Waals surface area contributed by atoms with Crippen LogP contribution in [-0.2, 0) is 90.1 Å². The first-order valence-electron chi connectivity index (χ1n) is 33.7. The van der Waals surface area contributed by atoms with E-state index in [1.807, 2.05) is 0 Å². The molecule has 0 aromatic rings. The minimum atomic E-state index is -2.49. The Balaban J connectivity index is 0.944. The van der Waals surface area contributed by atoms with Crippen LogP contribution in [0.4, 0.5) is 0 Å². The van der Waals surface area contributed by atoms with E-state index in [2.05, 4.69) is 10.6 Å². The second-order valence-corrected chi connectivity index (χ2v) is 26.6. The van der Waals surface area contributed by atoms with Gasteiger partial charge in [0.1, 0.15) is 220 Å². The van der Waals surface area contributed by atoms with Gasteiger partial charge in [0.15, 0.2) is 56.6 Å². The van der Waals surface area contributed by atoms with Gasteiger partial charge < -0.3 is 229 Å². The standard InChI is InChI=1S/C58H98N2O46/c1-12(70)59-23-32(79)42(21(10-68)90-50(23)89)99-51-24(60-13(2)71)33(80)43(22(11-69)98-51)100-53-40(87)45(30(77)19(8-66)92-53)103-57-49(37(84)28(75)16(5-63)96-57)106-58-48(36(83)27(74)17(6-64)97-58)105-55-39(86)44(29(76)18(7-65)94-55)101-54-41(88)46(31(78)20(9-67)93-54)102-56-47(35(82)26(73)15(4-62)95-56)104-52-38(85)34(81)25(72)14(3-61)91-52/h14-58,61-69,72-89H,3-11H2,1-2H3,(H,59,70)(H,60,71)/t14-,15-,16-,17-,18-,19-,20-,21-,22-,23+,24-,25-,26-,27-,28-,29-,30-,31-,32-,33-,34+,35+,36+,37+,38-,39+,40+,41-,42-,43-,44+,45+,46+,47-,48+,49+,50?,51+,52-,53+,54-,55-,56-,57-,58-/m1/s1. The monoisotopic (exact) mass is 1560 g/mol. The van der Waals surface area contributed by atoms with Crippen LogP contribution in [-0.4, -0.2) is 485 Å². The molecule has 48 heteroatoms. The van der Waals surface area contributed by atoms with Gasteiger partial charge in [0.2, 0.25) is 11.8 Å². The lowest BCUT2D eigenvalue weighted by Gasteiger charge is -2.51. The third-order valence-corrected chi connectivity index (χ3v) is 19.6. The number of aliphatic hydroxyl groups excluding tert-OH is 27. The molecule has 106 heavy (non-hydrogen) atoms. The Morgan fingerprint density at radius 2 is 0.453 bits per heavy atom. The van der Waals surface area contributed by atoms with E-state index >= 15 is 0 Å². The fourth-order valence-electron chi connectivity index (χ4n) is 13.7. The molecule has 0 radical (unpaired) electrons. The average Bonchev–Trinajstić information content (AvgIpc) is 0.770. The summed E-state index contributed by atoms with van der Waals surface area (Å²) in [4.78, 5) is 24.7. The summed E-state index contributed by atoms with van der Waals surface area (Å²) in [5, 5.41) is 302. The third-order valence-electron chi connectivity index (χ3n) is 19.6. The zero-order valence-corrected chi connectivity index (χ0v) is 56.2. The Kier molecular flexibility index (Phi) is 31.1. The van der Waals surface area contributed by atoms with E-state index in [1.165, 1.54) is 0 Å². The summed E-state index contributed by atoms with van der Waals surface area (Å²) in [6.07, 6.45) is -90.7. The van der Waals surface area contributed by atoms with Crippen molar-refractivity contribution in [2.45, 2.75) is 290 Å². The highest BCUT2D eigenvalue weighted by Gasteiger charge is 2.61. The van der Waals surface area contributed by atoms with Gasteiger partial charge in [-0.05, 0) is 0 Å². The highest BCUT2D eigenvalue weighted by Crippen LogP contribution is 2.40. The molecule has 616 valence electrons. The highest BCUT2D eigenvalue weighted by molar-refractivity contribution is 5.73. The highest BCUT2D eigenvalue weighted by atomic mass is 16.8. The molecule has 0 aromatic heterocycles. The fourth-order valence-corrected chi connectivity index (χ4v) is 13.7. The normalized spacial score (nSPS) is 51.2. The van der Waals surface area contributed by atoms with Crippen LogP contribution in [0.25, 0.3) is 0 Å². The first kappa shape index (κ1) is 87.2. The molecule has 29 N–H and O–H groups in total. The quantitative estimate of drug-likeness (QED) is 0.0363. The SMILES string of the molecule is CC(=O)N[C@H]1[C@H](O[C@H]2[C@H](O)[C@H](NC(C)=O)C(O)O[C@@H]2CO)O[C@H](CO)[C@@H](O[C@@H]2O[C@H](CO)[C@@H](O)[C@H](O[C@H]3O[C@H](CO)[C@@H](O)[C@H](O)[C@@H]3O[C@H]3O[C@H](CO)[C@@H](O)[C@H](O)[C@@H]3O[C@H]3O[C@H](CO)[C@@H](O)[C@H](O[C@H]4O[C@H](CO)[C@@H](O)[C@H](O[C@H]5O[C@H](CO)[C@@H](O)[C@H](O)[C@H]5O[C@H]5O[C@H](CO)[C@@H](O)[C@H](O)[C@H]5O)[C@H]4O)[C@@H]3O)[C@@H]2O)[C@@H]1O. The second kappa shape index (κ2) is 37.9. The minimum Gasteiger partial charge on any atom is -0.394 e. The molecule has 0 saturated carbocycles. The lowest BCUT2D eigenvalue weighted by molar-refractivity contribution is -0.412. The molecule has 0 aromatic carbocycles. The number of carbonyl (C=O) groups excluding carboxylic acids is 2. The van der Waals surface area contributed by atoms with Gasteiger partial charge in [-0.3, -0.25) is 9.59 Å². The van der Waals surface area contributed by atoms with Gasteiger partial charge in [-0.25, -0.2) is 0 Å². The van der Waals surface area contributed by atoms with E-state index in [0.29, 0.717) is 0 Å². The number of nitrogens with one attached hydrogen (secondary N) is 2. The van der Waals surface area contributed by atoms with Crippen LogP contribution in [0.15, 0.2) is 0 Å². The Morgan fingerprint density at radius 1 is 0.226 bits per heavy atom. The number of carbonyl (C=O) groups is 2. The Morgan fingerprint density at radius 3 is 0.783 bits per heavy atom. The maximum absolute atomic E-state index is 12.7. The maximum atomic E-state index is 12.7. The number of hydrogen-bond donors (Lipinski definition) is 29. The first-order chi connectivity index (χ1) is 50.3. The van der Waals surface area contributed by atoms with E-state index < -0.39 is 348 Å². The number of rotatable bonds is 27. The molecule has 9 saturated heterocycles. The molecule has 9 aliphatic heterocycles. The fraction of sp³-hybridized carbons (Fsp3) is 0.966. The van der Waals surface area contributed by atoms with Gasteiger partial charge in [0, 0.05) is 13.8 Å². The lowest BCUT2D eigenvalue weighted by Crippen LogP contribution is -2.70. The van der Waals surface area contributed by atoms with Crippen molar-refractivity contribution >= 4 is 11.8 Å². The molecule has 1 unspecified atom stereocenters. The molecule has 9 fully saturated rings. The molecule has 2 amide bonds. The van der Waals surface area contributed by atoms with Gasteiger partial charge >= 0.3 is 0 Å². The molecule has 0 aliphatic carbocycles. The molecular weight excluding hydrogens is 1460 g/mol. The lowest BCUT2D eigenvalue weighted by atomic mass is 9.94. The average molecular weight is 1560 g/mol. The maximum Gasteiger partial charge on any atom is 0.217 e. The van der Waals surface area contributed by atoms with Crippen molar-refractivity contribution in [3.63, 3.8) is 0 Å². The first-order valence-corrected chi connectivity index (χ1v) is 33.7. The summed E-state index contributed by atoms with van der Waals surface area (Å²) in [6, 6.07) is -3.39. The number of hydrogen-bond acceptors (Lipinski definition) is 46. The summed E-state index contributed by atoms with van der Waals surface area (Å²) in [7, 11) is 0. The summed E-state index contributed by atoms with van der Waals surface area (Å²) < 4.78 is 98.3. The van der Waals surface area contributed by atoms with Gasteiger partial charge in [-0.15, -0.1) is 0 Å². The molecule has 9 aliphatic rings. The van der Waals surface area contributed by atoms with Crippen molar-refractivity contribution in [1.29, 1.82) is 0 Å². The molecule has 48 nitrogen and oxygen atoms in total. The van der Waals surface area contributed by atoms with Crippen molar-refractivity contribution in [2.24, 2.45) is 0 Å². The van der Waals surface area contributed by atoms with E-state index in [1.54, 1.807) is 0 Å². The van der Waals surface area contributed by atoms with E-state index in [9.17, 15) is 147 Å². The van der Waals surface area contributed by atoms with Crippen LogP contribution in [0.5, 0.6) is 0 Å². The van der Waals surface area contributed by atoms with Gasteiger partial charge in [0.05, 0.1) is 59.5 Å². The van der Waals surface area contributed by atoms with E-state index in [-0.39, 0.29) is 0 Å². The van der Waals surface area contributed by atoms with Crippen molar-refractivity contribution in [3.05, 3.63) is 0 Å². The molecule has 9 heterocycles. The Bertz CT molecular complexity index is 2720. The number of aliphatic hydroxyl groups is 27. The van der Waals surface area contributed by atoms with Crippen LogP contribution in [0, 0.1) is 0 Å². The summed E-state index contributed by atoms with van der Waals surface area (Å²) in [5.41, 5.74) is 0. The van der Waals surface area contributed by atoms with Crippen LogP contribution in [0.1, 0.15) is 13.8 Å². The minimum absolute atomic E-state index is 0.749. The van der Waals surface area contributed by atoms with Crippen molar-refractivity contribution in [2.75, 3.05) is 59.5 Å². The molecule has 0 spiro atoms. The third kappa shape index (κ3) is 18.4. The van der Waals surface area contributed by atoms with E-state index in [4.69, 9.17) is 80.5 Å². The zero-order chi connectivity index (χ0) is 77.9. The largest absolute Gasteiger partial charge is 0.394 e.